The SMILES string of the molecule is COC(=O)c1sc(N)c(C(=O)OC)c1COC(=O)c1ccc2ncsc2c1. The largest absolute Gasteiger partial charge is 0.465 e. The highest BCUT2D eigenvalue weighted by Crippen LogP contribution is 2.33. The van der Waals surface area contributed by atoms with E-state index in [9.17, 15) is 14.4 Å². The van der Waals surface area contributed by atoms with Crippen LogP contribution in [-0.4, -0.2) is 37.1 Å². The fraction of sp³-hybridized carbons (Fsp3) is 0.176. The Morgan fingerprint density at radius 1 is 1.11 bits per heavy atom. The van der Waals surface area contributed by atoms with E-state index in [-0.39, 0.29) is 27.6 Å². The molecule has 8 nitrogen and oxygen atoms in total. The molecule has 0 unspecified atom stereocenters. The summed E-state index contributed by atoms with van der Waals surface area (Å²) in [4.78, 5) is 40.6. The van der Waals surface area contributed by atoms with Crippen molar-refractivity contribution in [2.24, 2.45) is 0 Å². The molecule has 10 heteroatoms. The van der Waals surface area contributed by atoms with Gasteiger partial charge in [-0.25, -0.2) is 19.4 Å². The summed E-state index contributed by atoms with van der Waals surface area (Å²) >= 11 is 2.27. The second kappa shape index (κ2) is 7.72. The van der Waals surface area contributed by atoms with Crippen LogP contribution in [0.4, 0.5) is 5.00 Å². The number of benzene rings is 1. The summed E-state index contributed by atoms with van der Waals surface area (Å²) in [6.07, 6.45) is 0. The van der Waals surface area contributed by atoms with Crippen molar-refractivity contribution < 1.29 is 28.6 Å². The Morgan fingerprint density at radius 2 is 1.85 bits per heavy atom. The smallest absolute Gasteiger partial charge is 0.348 e. The summed E-state index contributed by atoms with van der Waals surface area (Å²) in [7, 11) is 2.40. The Morgan fingerprint density at radius 3 is 2.56 bits per heavy atom. The predicted molar refractivity (Wildman–Crippen MR) is 100 cm³/mol. The number of esters is 3. The fourth-order valence-corrected chi connectivity index (χ4v) is 4.10. The number of carbonyl (C=O) groups is 3. The number of thiophene rings is 1. The number of methoxy groups -OCH3 is 2. The van der Waals surface area contributed by atoms with Crippen LogP contribution in [0.3, 0.4) is 0 Å². The molecule has 1 aromatic carbocycles. The Kier molecular flexibility index (Phi) is 5.38. The van der Waals surface area contributed by atoms with Crippen LogP contribution >= 0.6 is 22.7 Å². The number of thiazole rings is 1. The maximum atomic E-state index is 12.4. The predicted octanol–water partition coefficient (Wildman–Crippen LogP) is 2.87. The molecular formula is C17H14N2O6S2. The van der Waals surface area contributed by atoms with Crippen molar-refractivity contribution in [1.82, 2.24) is 4.98 Å². The average Bonchev–Trinajstić information content (AvgIpc) is 3.28. The van der Waals surface area contributed by atoms with Gasteiger partial charge in [-0.3, -0.25) is 0 Å². The minimum Gasteiger partial charge on any atom is -0.465 e. The first-order chi connectivity index (χ1) is 13.0. The maximum Gasteiger partial charge on any atom is 0.348 e. The van der Waals surface area contributed by atoms with Gasteiger partial charge in [-0.1, -0.05) is 0 Å². The highest BCUT2D eigenvalue weighted by Gasteiger charge is 2.28. The molecule has 0 bridgehead atoms. The highest BCUT2D eigenvalue weighted by molar-refractivity contribution is 7.18. The van der Waals surface area contributed by atoms with Crippen molar-refractivity contribution in [3.05, 3.63) is 45.3 Å². The van der Waals surface area contributed by atoms with E-state index in [0.29, 0.717) is 5.56 Å². The van der Waals surface area contributed by atoms with Gasteiger partial charge in [0.1, 0.15) is 22.0 Å². The number of nitrogens with zero attached hydrogens (tertiary/aromatic N) is 1. The number of anilines is 1. The van der Waals surface area contributed by atoms with E-state index in [1.165, 1.54) is 25.6 Å². The van der Waals surface area contributed by atoms with Crippen molar-refractivity contribution in [2.45, 2.75) is 6.61 Å². The Hall–Kier alpha value is -2.98. The number of nitrogen functional groups attached to an aromatic ring is 1. The van der Waals surface area contributed by atoms with E-state index in [0.717, 1.165) is 21.6 Å². The number of carbonyl (C=O) groups excluding carboxylic acids is 3. The molecule has 0 radical (unpaired) electrons. The summed E-state index contributed by atoms with van der Waals surface area (Å²) in [6, 6.07) is 4.97. The molecule has 2 N–H and O–H groups in total. The number of aromatic nitrogens is 1. The van der Waals surface area contributed by atoms with E-state index in [2.05, 4.69) is 4.98 Å². The van der Waals surface area contributed by atoms with Gasteiger partial charge >= 0.3 is 17.9 Å². The molecule has 0 amide bonds. The minimum atomic E-state index is -0.726. The van der Waals surface area contributed by atoms with Crippen LogP contribution in [-0.2, 0) is 20.8 Å². The van der Waals surface area contributed by atoms with Gasteiger partial charge in [0.25, 0.3) is 0 Å². The van der Waals surface area contributed by atoms with Crippen molar-refractivity contribution in [3.8, 4) is 0 Å². The van der Waals surface area contributed by atoms with Crippen molar-refractivity contribution in [2.75, 3.05) is 20.0 Å². The second-order valence-corrected chi connectivity index (χ2v) is 7.18. The molecule has 0 saturated heterocycles. The molecule has 2 aromatic heterocycles. The van der Waals surface area contributed by atoms with Crippen LogP contribution in [0.1, 0.15) is 36.0 Å². The summed E-state index contributed by atoms with van der Waals surface area (Å²) in [5.74, 6) is -2.02. The first-order valence-corrected chi connectivity index (χ1v) is 9.24. The zero-order valence-electron chi connectivity index (χ0n) is 14.3. The summed E-state index contributed by atoms with van der Waals surface area (Å²) in [5, 5.41) is 0.0828. The molecule has 27 heavy (non-hydrogen) atoms. The normalized spacial score (nSPS) is 10.6. The third-order valence-corrected chi connectivity index (χ3v) is 5.54. The third kappa shape index (κ3) is 3.62. The Balaban J connectivity index is 1.88. The maximum absolute atomic E-state index is 12.4. The van der Waals surface area contributed by atoms with Crippen LogP contribution in [0, 0.1) is 0 Å². The summed E-state index contributed by atoms with van der Waals surface area (Å²) in [6.45, 7) is -0.331. The molecule has 140 valence electrons. The van der Waals surface area contributed by atoms with E-state index in [1.54, 1.807) is 23.7 Å². The topological polar surface area (TPSA) is 118 Å². The van der Waals surface area contributed by atoms with E-state index in [4.69, 9.17) is 19.9 Å². The quantitative estimate of drug-likeness (QED) is 0.508. The summed E-state index contributed by atoms with van der Waals surface area (Å²) in [5.41, 5.74) is 8.78. The van der Waals surface area contributed by atoms with Gasteiger partial charge in [0.05, 0.1) is 35.5 Å². The first-order valence-electron chi connectivity index (χ1n) is 7.54. The lowest BCUT2D eigenvalue weighted by molar-refractivity contribution is 0.0453. The lowest BCUT2D eigenvalue weighted by atomic mass is 10.1. The summed E-state index contributed by atoms with van der Waals surface area (Å²) < 4.78 is 15.6. The molecule has 0 aliphatic heterocycles. The van der Waals surface area contributed by atoms with Gasteiger partial charge in [-0.05, 0) is 18.2 Å². The molecule has 0 spiro atoms. The van der Waals surface area contributed by atoms with Gasteiger partial charge in [-0.15, -0.1) is 22.7 Å². The third-order valence-electron chi connectivity index (χ3n) is 3.71. The lowest BCUT2D eigenvalue weighted by Crippen LogP contribution is -2.12. The van der Waals surface area contributed by atoms with Gasteiger partial charge < -0.3 is 19.9 Å². The van der Waals surface area contributed by atoms with Crippen LogP contribution in [0.2, 0.25) is 0 Å². The van der Waals surface area contributed by atoms with E-state index < -0.39 is 17.9 Å². The number of ether oxygens (including phenoxy) is 3. The van der Waals surface area contributed by atoms with Crippen LogP contribution < -0.4 is 5.73 Å². The zero-order valence-corrected chi connectivity index (χ0v) is 15.9. The molecule has 3 aromatic rings. The van der Waals surface area contributed by atoms with E-state index >= 15 is 0 Å². The van der Waals surface area contributed by atoms with Crippen LogP contribution in [0.5, 0.6) is 0 Å². The molecular weight excluding hydrogens is 392 g/mol. The number of hydrogen-bond acceptors (Lipinski definition) is 10. The molecule has 0 atom stereocenters. The van der Waals surface area contributed by atoms with Gasteiger partial charge in [0.2, 0.25) is 0 Å². The minimum absolute atomic E-state index is 0.00592. The van der Waals surface area contributed by atoms with E-state index in [1.807, 2.05) is 0 Å². The fourth-order valence-electron chi connectivity index (χ4n) is 2.41. The zero-order chi connectivity index (χ0) is 19.6. The monoisotopic (exact) mass is 406 g/mol. The number of fused-ring (bicyclic) bond motifs is 1. The van der Waals surface area contributed by atoms with Crippen molar-refractivity contribution in [1.29, 1.82) is 0 Å². The van der Waals surface area contributed by atoms with Gasteiger partial charge in [0, 0.05) is 5.56 Å². The van der Waals surface area contributed by atoms with Crippen LogP contribution in [0.15, 0.2) is 23.7 Å². The molecule has 0 aliphatic rings. The molecule has 3 rings (SSSR count). The Bertz CT molecular complexity index is 1040. The van der Waals surface area contributed by atoms with Crippen molar-refractivity contribution in [3.63, 3.8) is 0 Å². The van der Waals surface area contributed by atoms with Gasteiger partial charge in [-0.2, -0.15) is 0 Å². The molecule has 2 heterocycles. The molecule has 0 aliphatic carbocycles. The Labute approximate surface area is 161 Å². The lowest BCUT2D eigenvalue weighted by Gasteiger charge is -2.08. The number of rotatable bonds is 5. The first kappa shape index (κ1) is 18.8. The molecule has 0 fully saturated rings. The molecule has 0 saturated carbocycles. The second-order valence-electron chi connectivity index (χ2n) is 5.24. The average molecular weight is 406 g/mol. The highest BCUT2D eigenvalue weighted by atomic mass is 32.1. The standard InChI is InChI=1S/C17H14N2O6S2/c1-23-16(21)12-9(13(17(22)24-2)27-14(12)18)6-25-15(20)8-3-4-10-11(5-8)26-7-19-10/h3-5,7H,6,18H2,1-2H3. The van der Waals surface area contributed by atoms with Crippen molar-refractivity contribution >= 4 is 55.8 Å². The number of nitrogens with two attached hydrogens (primary N) is 1. The number of hydrogen-bond donors (Lipinski definition) is 1. The van der Waals surface area contributed by atoms with Crippen LogP contribution in [0.25, 0.3) is 10.2 Å². The van der Waals surface area contributed by atoms with Gasteiger partial charge in [0.15, 0.2) is 0 Å².